The second-order valence-electron chi connectivity index (χ2n) is 4.05. The Hall–Kier alpha value is -1.45. The molecule has 0 amide bonds. The molecule has 0 fully saturated rings. The van der Waals surface area contributed by atoms with Crippen molar-refractivity contribution in [3.8, 4) is 0 Å². The minimum atomic E-state index is 0.000694. The van der Waals surface area contributed by atoms with E-state index in [-0.39, 0.29) is 5.54 Å². The first-order chi connectivity index (χ1) is 6.07. The third kappa shape index (κ3) is 1.39. The molecule has 0 N–H and O–H groups in total. The summed E-state index contributed by atoms with van der Waals surface area (Å²) in [6.45, 7) is 6.31. The Morgan fingerprint density at radius 2 is 2.08 bits per heavy atom. The van der Waals surface area contributed by atoms with Crippen LogP contribution in [0.5, 0.6) is 0 Å². The zero-order valence-corrected chi connectivity index (χ0v) is 8.02. The Labute approximate surface area is 76.6 Å². The average molecular weight is 176 g/mol. The summed E-state index contributed by atoms with van der Waals surface area (Å²) in [7, 11) is 0. The Bertz CT molecular complexity index is 391. The largest absolute Gasteiger partial charge is 0.265 e. The lowest BCUT2D eigenvalue weighted by Crippen LogP contribution is -2.21. The first-order valence-corrected chi connectivity index (χ1v) is 4.23. The number of aromatic nitrogens is 4. The highest BCUT2D eigenvalue weighted by Gasteiger charge is 2.14. The molecule has 0 unspecified atom stereocenters. The van der Waals surface area contributed by atoms with E-state index in [2.05, 4.69) is 35.8 Å². The van der Waals surface area contributed by atoms with Gasteiger partial charge >= 0.3 is 0 Å². The minimum absolute atomic E-state index is 0.000694. The van der Waals surface area contributed by atoms with Crippen molar-refractivity contribution in [3.63, 3.8) is 0 Å². The number of hydrogen-bond donors (Lipinski definition) is 0. The van der Waals surface area contributed by atoms with Crippen LogP contribution in [-0.4, -0.2) is 19.7 Å². The topological polar surface area (TPSA) is 43.6 Å². The summed E-state index contributed by atoms with van der Waals surface area (Å²) in [5.41, 5.74) is 0.755. The average Bonchev–Trinajstić information content (AvgIpc) is 2.45. The maximum absolute atomic E-state index is 4.35. The van der Waals surface area contributed by atoms with Crippen molar-refractivity contribution in [2.24, 2.45) is 0 Å². The van der Waals surface area contributed by atoms with E-state index >= 15 is 0 Å². The standard InChI is InChI=1S/C9H12N4/c1-9(2,3)13-5-7-4-10-6-11-8(7)12-13/h4-6H,1-3H3. The summed E-state index contributed by atoms with van der Waals surface area (Å²) < 4.78 is 1.91. The minimum Gasteiger partial charge on any atom is -0.265 e. The fourth-order valence-corrected chi connectivity index (χ4v) is 1.11. The summed E-state index contributed by atoms with van der Waals surface area (Å²) in [6, 6.07) is 0. The van der Waals surface area contributed by atoms with E-state index in [0.717, 1.165) is 11.0 Å². The van der Waals surface area contributed by atoms with Crippen molar-refractivity contribution in [2.45, 2.75) is 26.3 Å². The van der Waals surface area contributed by atoms with Crippen LogP contribution in [0.15, 0.2) is 18.7 Å². The highest BCUT2D eigenvalue weighted by atomic mass is 15.3. The molecule has 0 radical (unpaired) electrons. The van der Waals surface area contributed by atoms with Crippen LogP contribution in [0, 0.1) is 0 Å². The van der Waals surface area contributed by atoms with Gasteiger partial charge in [0.1, 0.15) is 6.33 Å². The molecule has 0 aliphatic heterocycles. The van der Waals surface area contributed by atoms with Crippen molar-refractivity contribution in [2.75, 3.05) is 0 Å². The molecule has 0 atom stereocenters. The quantitative estimate of drug-likeness (QED) is 0.612. The maximum Gasteiger partial charge on any atom is 0.184 e. The summed E-state index contributed by atoms with van der Waals surface area (Å²) in [4.78, 5) is 8.02. The van der Waals surface area contributed by atoms with E-state index < -0.39 is 0 Å². The van der Waals surface area contributed by atoms with Gasteiger partial charge in [-0.3, -0.25) is 4.68 Å². The molecule has 4 heteroatoms. The van der Waals surface area contributed by atoms with Gasteiger partial charge in [-0.2, -0.15) is 5.10 Å². The lowest BCUT2D eigenvalue weighted by atomic mass is 10.1. The van der Waals surface area contributed by atoms with Gasteiger partial charge in [0.05, 0.1) is 10.9 Å². The van der Waals surface area contributed by atoms with Gasteiger partial charge in [-0.05, 0) is 20.8 Å². The molecule has 0 bridgehead atoms. The molecule has 4 nitrogen and oxygen atoms in total. The monoisotopic (exact) mass is 176 g/mol. The third-order valence-electron chi connectivity index (χ3n) is 1.87. The predicted molar refractivity (Wildman–Crippen MR) is 50.3 cm³/mol. The van der Waals surface area contributed by atoms with Crippen LogP contribution >= 0.6 is 0 Å². The van der Waals surface area contributed by atoms with Gasteiger partial charge in [0.2, 0.25) is 0 Å². The van der Waals surface area contributed by atoms with Crippen LogP contribution in [0.25, 0.3) is 11.0 Å². The van der Waals surface area contributed by atoms with Crippen molar-refractivity contribution >= 4 is 11.0 Å². The van der Waals surface area contributed by atoms with Crippen molar-refractivity contribution < 1.29 is 0 Å². The summed E-state index contributed by atoms with van der Waals surface area (Å²) >= 11 is 0. The Balaban J connectivity index is 2.63. The van der Waals surface area contributed by atoms with Gasteiger partial charge in [0, 0.05) is 12.4 Å². The molecule has 0 spiro atoms. The van der Waals surface area contributed by atoms with E-state index in [4.69, 9.17) is 0 Å². The smallest absolute Gasteiger partial charge is 0.184 e. The number of fused-ring (bicyclic) bond motifs is 1. The zero-order chi connectivity index (χ0) is 9.47. The molecule has 0 aromatic carbocycles. The molecule has 0 saturated carbocycles. The highest BCUT2D eigenvalue weighted by molar-refractivity contribution is 5.72. The van der Waals surface area contributed by atoms with Crippen molar-refractivity contribution in [1.82, 2.24) is 19.7 Å². The summed E-state index contributed by atoms with van der Waals surface area (Å²) in [5.74, 6) is 0. The number of nitrogens with zero attached hydrogens (tertiary/aromatic N) is 4. The molecule has 0 saturated heterocycles. The second-order valence-corrected chi connectivity index (χ2v) is 4.05. The Morgan fingerprint density at radius 3 is 2.69 bits per heavy atom. The van der Waals surface area contributed by atoms with Crippen LogP contribution in [0.1, 0.15) is 20.8 Å². The molecule has 0 aliphatic rings. The maximum atomic E-state index is 4.35. The first kappa shape index (κ1) is 8.16. The molecule has 2 aromatic heterocycles. The van der Waals surface area contributed by atoms with E-state index in [1.54, 1.807) is 6.20 Å². The van der Waals surface area contributed by atoms with E-state index in [1.165, 1.54) is 6.33 Å². The lowest BCUT2D eigenvalue weighted by Gasteiger charge is -2.18. The SMILES string of the molecule is CC(C)(C)n1cc2cncnc2n1. The molecular weight excluding hydrogens is 164 g/mol. The normalized spacial score (nSPS) is 12.2. The molecular formula is C9H12N4. The molecule has 0 aliphatic carbocycles. The molecule has 13 heavy (non-hydrogen) atoms. The molecule has 2 rings (SSSR count). The Kier molecular flexibility index (Phi) is 1.58. The fourth-order valence-electron chi connectivity index (χ4n) is 1.11. The van der Waals surface area contributed by atoms with Crippen molar-refractivity contribution in [1.29, 1.82) is 0 Å². The summed E-state index contributed by atoms with van der Waals surface area (Å²) in [5, 5.41) is 5.33. The summed E-state index contributed by atoms with van der Waals surface area (Å²) in [6.07, 6.45) is 5.26. The molecule has 2 aromatic rings. The van der Waals surface area contributed by atoms with E-state index in [0.29, 0.717) is 0 Å². The van der Waals surface area contributed by atoms with Gasteiger partial charge in [-0.15, -0.1) is 0 Å². The zero-order valence-electron chi connectivity index (χ0n) is 8.02. The van der Waals surface area contributed by atoms with Crippen LogP contribution in [-0.2, 0) is 5.54 Å². The first-order valence-electron chi connectivity index (χ1n) is 4.23. The van der Waals surface area contributed by atoms with Gasteiger partial charge in [0.25, 0.3) is 0 Å². The molecule has 68 valence electrons. The highest BCUT2D eigenvalue weighted by Crippen LogP contribution is 2.16. The number of rotatable bonds is 0. The predicted octanol–water partition coefficient (Wildman–Crippen LogP) is 1.58. The van der Waals surface area contributed by atoms with Gasteiger partial charge in [0.15, 0.2) is 5.65 Å². The van der Waals surface area contributed by atoms with Gasteiger partial charge < -0.3 is 0 Å². The van der Waals surface area contributed by atoms with Gasteiger partial charge in [-0.1, -0.05) is 0 Å². The Morgan fingerprint density at radius 1 is 1.31 bits per heavy atom. The molecule has 2 heterocycles. The van der Waals surface area contributed by atoms with Gasteiger partial charge in [-0.25, -0.2) is 9.97 Å². The van der Waals surface area contributed by atoms with Crippen LogP contribution in [0.4, 0.5) is 0 Å². The van der Waals surface area contributed by atoms with Crippen molar-refractivity contribution in [3.05, 3.63) is 18.7 Å². The third-order valence-corrected chi connectivity index (χ3v) is 1.87. The van der Waals surface area contributed by atoms with Crippen LogP contribution < -0.4 is 0 Å². The fraction of sp³-hybridized carbons (Fsp3) is 0.444. The van der Waals surface area contributed by atoms with Crippen LogP contribution in [0.3, 0.4) is 0 Å². The lowest BCUT2D eigenvalue weighted by molar-refractivity contribution is 0.358. The van der Waals surface area contributed by atoms with E-state index in [1.807, 2.05) is 10.9 Å². The van der Waals surface area contributed by atoms with E-state index in [9.17, 15) is 0 Å². The number of hydrogen-bond acceptors (Lipinski definition) is 3. The van der Waals surface area contributed by atoms with Crippen LogP contribution in [0.2, 0.25) is 0 Å². The second kappa shape index (κ2) is 2.52.